The summed E-state index contributed by atoms with van der Waals surface area (Å²) >= 11 is 5.95. The number of aliphatic hydroxyl groups is 1. The van der Waals surface area contributed by atoms with Gasteiger partial charge in [0.05, 0.1) is 5.02 Å². The van der Waals surface area contributed by atoms with Gasteiger partial charge in [0.2, 0.25) is 0 Å². The molecule has 2 aromatic rings. The minimum atomic E-state index is -0.693. The van der Waals surface area contributed by atoms with Gasteiger partial charge in [-0.15, -0.1) is 0 Å². The van der Waals surface area contributed by atoms with Crippen molar-refractivity contribution in [3.8, 4) is 0 Å². The van der Waals surface area contributed by atoms with Crippen LogP contribution < -0.4 is 0 Å². The molecule has 0 unspecified atom stereocenters. The second kappa shape index (κ2) is 4.43. The van der Waals surface area contributed by atoms with E-state index in [4.69, 9.17) is 11.6 Å². The van der Waals surface area contributed by atoms with Crippen LogP contribution in [-0.4, -0.2) is 10.1 Å². The zero-order valence-corrected chi connectivity index (χ0v) is 8.72. The number of pyridine rings is 1. The van der Waals surface area contributed by atoms with Crippen LogP contribution in [0.3, 0.4) is 0 Å². The number of nitrogens with zero attached hydrogens (tertiary/aromatic N) is 1. The van der Waals surface area contributed by atoms with Crippen molar-refractivity contribution in [2.75, 3.05) is 0 Å². The van der Waals surface area contributed by atoms with Gasteiger partial charge >= 0.3 is 0 Å². The first-order valence-corrected chi connectivity index (χ1v) is 4.99. The Morgan fingerprint density at radius 2 is 1.87 bits per heavy atom. The molecule has 1 N–H and O–H groups in total. The highest BCUT2D eigenvalue weighted by Gasteiger charge is 2.12. The van der Waals surface area contributed by atoms with E-state index in [0.29, 0.717) is 10.6 Å². The number of halogens is 1. The molecule has 1 aromatic heterocycles. The quantitative estimate of drug-likeness (QED) is 0.843. The van der Waals surface area contributed by atoms with Gasteiger partial charge in [-0.05, 0) is 11.6 Å². The molecule has 0 saturated heterocycles. The Hall–Kier alpha value is -1.38. The highest BCUT2D eigenvalue weighted by Crippen LogP contribution is 2.26. The Balaban J connectivity index is 2.37. The summed E-state index contributed by atoms with van der Waals surface area (Å²) in [6.45, 7) is 0. The molecular weight excluding hydrogens is 210 g/mol. The van der Waals surface area contributed by atoms with Crippen molar-refractivity contribution < 1.29 is 5.11 Å². The van der Waals surface area contributed by atoms with Crippen LogP contribution in [0.1, 0.15) is 17.2 Å². The van der Waals surface area contributed by atoms with Crippen molar-refractivity contribution in [2.24, 2.45) is 0 Å². The van der Waals surface area contributed by atoms with E-state index in [2.05, 4.69) is 4.98 Å². The monoisotopic (exact) mass is 219 g/mol. The van der Waals surface area contributed by atoms with Gasteiger partial charge in [-0.1, -0.05) is 41.9 Å². The van der Waals surface area contributed by atoms with Crippen molar-refractivity contribution in [2.45, 2.75) is 6.10 Å². The molecule has 3 heteroatoms. The lowest BCUT2D eigenvalue weighted by molar-refractivity contribution is 0.220. The van der Waals surface area contributed by atoms with Crippen LogP contribution in [0.5, 0.6) is 0 Å². The number of hydrogen-bond acceptors (Lipinski definition) is 2. The fourth-order valence-corrected chi connectivity index (χ4v) is 1.65. The fourth-order valence-electron chi connectivity index (χ4n) is 1.42. The Labute approximate surface area is 93.2 Å². The third-order valence-corrected chi connectivity index (χ3v) is 2.53. The smallest absolute Gasteiger partial charge is 0.106 e. The van der Waals surface area contributed by atoms with Gasteiger partial charge in [0.1, 0.15) is 6.10 Å². The highest BCUT2D eigenvalue weighted by atomic mass is 35.5. The van der Waals surface area contributed by atoms with Gasteiger partial charge in [-0.3, -0.25) is 4.98 Å². The minimum Gasteiger partial charge on any atom is -0.384 e. The van der Waals surface area contributed by atoms with E-state index in [1.54, 1.807) is 12.3 Å². The lowest BCUT2D eigenvalue weighted by atomic mass is 10.0. The molecule has 1 atom stereocenters. The van der Waals surface area contributed by atoms with Gasteiger partial charge in [0.25, 0.3) is 0 Å². The first kappa shape index (κ1) is 10.1. The van der Waals surface area contributed by atoms with E-state index in [1.807, 2.05) is 30.3 Å². The Bertz CT molecular complexity index is 444. The molecule has 0 fully saturated rings. The molecule has 0 aliphatic carbocycles. The van der Waals surface area contributed by atoms with Crippen molar-refractivity contribution in [3.05, 3.63) is 64.9 Å². The van der Waals surface area contributed by atoms with Gasteiger partial charge in [-0.2, -0.15) is 0 Å². The van der Waals surface area contributed by atoms with Gasteiger partial charge in [0.15, 0.2) is 0 Å². The highest BCUT2D eigenvalue weighted by molar-refractivity contribution is 6.31. The molecule has 0 saturated carbocycles. The molecule has 76 valence electrons. The minimum absolute atomic E-state index is 0.480. The van der Waals surface area contributed by atoms with Gasteiger partial charge < -0.3 is 5.11 Å². The van der Waals surface area contributed by atoms with Crippen LogP contribution in [0.15, 0.2) is 48.8 Å². The SMILES string of the molecule is O[C@@H](c1ccccc1)c1ccncc1Cl. The molecule has 0 bridgehead atoms. The number of aliphatic hydroxyl groups excluding tert-OH is 1. The summed E-state index contributed by atoms with van der Waals surface area (Å²) in [7, 11) is 0. The molecule has 1 heterocycles. The lowest BCUT2D eigenvalue weighted by Crippen LogP contribution is -2.00. The summed E-state index contributed by atoms with van der Waals surface area (Å²) in [5.74, 6) is 0. The van der Waals surface area contributed by atoms with E-state index in [-0.39, 0.29) is 0 Å². The summed E-state index contributed by atoms with van der Waals surface area (Å²) in [4.78, 5) is 3.88. The zero-order valence-electron chi connectivity index (χ0n) is 7.97. The maximum Gasteiger partial charge on any atom is 0.106 e. The third-order valence-electron chi connectivity index (χ3n) is 2.21. The largest absolute Gasteiger partial charge is 0.384 e. The van der Waals surface area contributed by atoms with Crippen molar-refractivity contribution in [1.82, 2.24) is 4.98 Å². The Morgan fingerprint density at radius 1 is 1.13 bits per heavy atom. The van der Waals surface area contributed by atoms with Crippen LogP contribution in [0.2, 0.25) is 5.02 Å². The average Bonchev–Trinajstić information content (AvgIpc) is 2.30. The molecule has 0 aliphatic heterocycles. The molecule has 2 rings (SSSR count). The summed E-state index contributed by atoms with van der Waals surface area (Å²) in [5.41, 5.74) is 1.50. The molecular formula is C12H10ClNO. The summed E-state index contributed by atoms with van der Waals surface area (Å²) in [5, 5.41) is 10.5. The number of benzene rings is 1. The van der Waals surface area contributed by atoms with Gasteiger partial charge in [0, 0.05) is 18.0 Å². The maximum atomic E-state index is 10.1. The second-order valence-corrected chi connectivity index (χ2v) is 3.62. The van der Waals surface area contributed by atoms with Crippen LogP contribution in [0.4, 0.5) is 0 Å². The van der Waals surface area contributed by atoms with Gasteiger partial charge in [-0.25, -0.2) is 0 Å². The Kier molecular flexibility index (Phi) is 2.99. The fraction of sp³-hybridized carbons (Fsp3) is 0.0833. The summed E-state index contributed by atoms with van der Waals surface area (Å²) in [6.07, 6.45) is 2.46. The molecule has 1 aromatic carbocycles. The average molecular weight is 220 g/mol. The number of rotatable bonds is 2. The van der Waals surface area contributed by atoms with E-state index in [9.17, 15) is 5.11 Å². The first-order chi connectivity index (χ1) is 7.29. The van der Waals surface area contributed by atoms with Crippen molar-refractivity contribution in [3.63, 3.8) is 0 Å². The first-order valence-electron chi connectivity index (χ1n) is 4.61. The maximum absolute atomic E-state index is 10.1. The summed E-state index contributed by atoms with van der Waals surface area (Å²) < 4.78 is 0. The normalized spacial score (nSPS) is 12.4. The van der Waals surface area contributed by atoms with Crippen LogP contribution in [0.25, 0.3) is 0 Å². The predicted molar refractivity (Wildman–Crippen MR) is 59.8 cm³/mol. The van der Waals surface area contributed by atoms with Crippen molar-refractivity contribution in [1.29, 1.82) is 0 Å². The van der Waals surface area contributed by atoms with Crippen LogP contribution in [0, 0.1) is 0 Å². The zero-order chi connectivity index (χ0) is 10.7. The third kappa shape index (κ3) is 2.17. The van der Waals surface area contributed by atoms with E-state index in [0.717, 1.165) is 5.56 Å². The lowest BCUT2D eigenvalue weighted by Gasteiger charge is -2.12. The number of aromatic nitrogens is 1. The van der Waals surface area contributed by atoms with Crippen LogP contribution in [-0.2, 0) is 0 Å². The Morgan fingerprint density at radius 3 is 2.53 bits per heavy atom. The van der Waals surface area contributed by atoms with E-state index in [1.165, 1.54) is 6.20 Å². The second-order valence-electron chi connectivity index (χ2n) is 3.21. The molecule has 0 spiro atoms. The molecule has 0 radical (unpaired) electrons. The van der Waals surface area contributed by atoms with E-state index < -0.39 is 6.10 Å². The summed E-state index contributed by atoms with van der Waals surface area (Å²) in [6, 6.07) is 11.1. The van der Waals surface area contributed by atoms with Crippen molar-refractivity contribution >= 4 is 11.6 Å². The standard InChI is InChI=1S/C12H10ClNO/c13-11-8-14-7-6-10(11)12(15)9-4-2-1-3-5-9/h1-8,12,15H/t12-/m0/s1. The topological polar surface area (TPSA) is 33.1 Å². The van der Waals surface area contributed by atoms with Crippen LogP contribution >= 0.6 is 11.6 Å². The predicted octanol–water partition coefficient (Wildman–Crippen LogP) is 2.82. The molecule has 0 amide bonds. The molecule has 2 nitrogen and oxygen atoms in total. The number of hydrogen-bond donors (Lipinski definition) is 1. The van der Waals surface area contributed by atoms with E-state index >= 15 is 0 Å². The molecule has 15 heavy (non-hydrogen) atoms. The molecule has 0 aliphatic rings.